The third-order valence-corrected chi connectivity index (χ3v) is 3.02. The molecule has 5 heteroatoms. The normalized spacial score (nSPS) is 12.7. The first kappa shape index (κ1) is 13.1. The van der Waals surface area contributed by atoms with E-state index in [0.717, 1.165) is 11.3 Å². The predicted molar refractivity (Wildman–Crippen MR) is 68.6 cm³/mol. The van der Waals surface area contributed by atoms with Gasteiger partial charge in [0.05, 0.1) is 12.3 Å². The van der Waals surface area contributed by atoms with Gasteiger partial charge in [-0.25, -0.2) is 4.39 Å². The fraction of sp³-hybridized carbons (Fsp3) is 0.231. The summed E-state index contributed by atoms with van der Waals surface area (Å²) in [5.41, 5.74) is 4.06. The van der Waals surface area contributed by atoms with Gasteiger partial charge in [0.25, 0.3) is 0 Å². The predicted octanol–water partition coefficient (Wildman–Crippen LogP) is 3.13. The Morgan fingerprint density at radius 2 is 2.22 bits per heavy atom. The second kappa shape index (κ2) is 5.52. The van der Waals surface area contributed by atoms with E-state index in [9.17, 15) is 4.39 Å². The first-order valence-electron chi connectivity index (χ1n) is 5.55. The van der Waals surface area contributed by atoms with Crippen molar-refractivity contribution >= 4 is 11.6 Å². The van der Waals surface area contributed by atoms with Gasteiger partial charge in [-0.05, 0) is 43.2 Å². The maximum Gasteiger partial charge on any atom is 0.126 e. The van der Waals surface area contributed by atoms with Crippen molar-refractivity contribution < 1.29 is 8.81 Å². The quantitative estimate of drug-likeness (QED) is 0.662. The summed E-state index contributed by atoms with van der Waals surface area (Å²) in [4.78, 5) is 0. The lowest BCUT2D eigenvalue weighted by atomic mass is 10.0. The van der Waals surface area contributed by atoms with Gasteiger partial charge in [0.2, 0.25) is 0 Å². The van der Waals surface area contributed by atoms with Crippen LogP contribution in [0.15, 0.2) is 34.9 Å². The minimum Gasteiger partial charge on any atom is -0.469 e. The monoisotopic (exact) mass is 268 g/mol. The average molecular weight is 269 g/mol. The molecule has 1 unspecified atom stereocenters. The Balaban J connectivity index is 2.22. The summed E-state index contributed by atoms with van der Waals surface area (Å²) in [7, 11) is 0. The van der Waals surface area contributed by atoms with Crippen LogP contribution in [0.3, 0.4) is 0 Å². The van der Waals surface area contributed by atoms with E-state index < -0.39 is 0 Å². The highest BCUT2D eigenvalue weighted by Gasteiger charge is 2.15. The van der Waals surface area contributed by atoms with E-state index in [1.54, 1.807) is 12.3 Å². The topological polar surface area (TPSA) is 51.2 Å². The van der Waals surface area contributed by atoms with Gasteiger partial charge in [-0.1, -0.05) is 11.6 Å². The van der Waals surface area contributed by atoms with Gasteiger partial charge < -0.3 is 4.42 Å². The van der Waals surface area contributed by atoms with Crippen molar-refractivity contribution in [3.05, 3.63) is 58.3 Å². The van der Waals surface area contributed by atoms with Crippen LogP contribution in [0.1, 0.15) is 22.9 Å². The summed E-state index contributed by atoms with van der Waals surface area (Å²) in [5.74, 6) is 6.00. The Morgan fingerprint density at radius 1 is 1.44 bits per heavy atom. The molecule has 2 rings (SSSR count). The van der Waals surface area contributed by atoms with Crippen molar-refractivity contribution in [2.45, 2.75) is 19.4 Å². The molecule has 0 radical (unpaired) electrons. The van der Waals surface area contributed by atoms with Gasteiger partial charge in [-0.2, -0.15) is 0 Å². The fourth-order valence-corrected chi connectivity index (χ4v) is 2.03. The van der Waals surface area contributed by atoms with E-state index in [4.69, 9.17) is 21.9 Å². The van der Waals surface area contributed by atoms with Gasteiger partial charge >= 0.3 is 0 Å². The number of benzene rings is 1. The molecule has 3 N–H and O–H groups in total. The van der Waals surface area contributed by atoms with Gasteiger partial charge in [0.15, 0.2) is 0 Å². The molecule has 0 amide bonds. The summed E-state index contributed by atoms with van der Waals surface area (Å²) in [6.45, 7) is 1.84. The van der Waals surface area contributed by atoms with Gasteiger partial charge in [0, 0.05) is 10.6 Å². The Labute approximate surface area is 110 Å². The van der Waals surface area contributed by atoms with E-state index in [2.05, 4.69) is 5.43 Å². The lowest BCUT2D eigenvalue weighted by molar-refractivity contribution is 0.504. The molecular formula is C13H14ClFN2O. The number of halogens is 2. The van der Waals surface area contributed by atoms with Crippen molar-refractivity contribution in [2.75, 3.05) is 0 Å². The smallest absolute Gasteiger partial charge is 0.126 e. The number of furan rings is 1. The Morgan fingerprint density at radius 3 is 2.83 bits per heavy atom. The van der Waals surface area contributed by atoms with Crippen LogP contribution in [0.5, 0.6) is 0 Å². The number of rotatable bonds is 4. The molecule has 1 atom stereocenters. The lowest BCUT2D eigenvalue weighted by Crippen LogP contribution is -2.29. The first-order valence-corrected chi connectivity index (χ1v) is 5.93. The molecule has 0 aliphatic heterocycles. The molecule has 0 bridgehead atoms. The van der Waals surface area contributed by atoms with E-state index in [-0.39, 0.29) is 11.9 Å². The maximum absolute atomic E-state index is 13.6. The van der Waals surface area contributed by atoms with E-state index in [0.29, 0.717) is 17.0 Å². The van der Waals surface area contributed by atoms with Crippen LogP contribution in [0, 0.1) is 12.7 Å². The zero-order valence-corrected chi connectivity index (χ0v) is 10.7. The maximum atomic E-state index is 13.6. The highest BCUT2D eigenvalue weighted by atomic mass is 35.5. The molecule has 1 heterocycles. The molecule has 0 saturated heterocycles. The highest BCUT2D eigenvalue weighted by Crippen LogP contribution is 2.23. The molecule has 96 valence electrons. The second-order valence-electron chi connectivity index (χ2n) is 4.15. The van der Waals surface area contributed by atoms with E-state index in [1.165, 1.54) is 12.1 Å². The van der Waals surface area contributed by atoms with Crippen LogP contribution in [0.4, 0.5) is 4.39 Å². The van der Waals surface area contributed by atoms with Crippen LogP contribution in [-0.4, -0.2) is 0 Å². The minimum atomic E-state index is -0.292. The molecule has 0 fully saturated rings. The Hall–Kier alpha value is -1.36. The van der Waals surface area contributed by atoms with Crippen LogP contribution in [0.25, 0.3) is 0 Å². The minimum absolute atomic E-state index is 0.213. The van der Waals surface area contributed by atoms with Crippen molar-refractivity contribution in [2.24, 2.45) is 5.84 Å². The number of aryl methyl sites for hydroxylation is 1. The third-order valence-electron chi connectivity index (χ3n) is 2.79. The molecule has 1 aromatic carbocycles. The molecule has 0 aliphatic rings. The number of nitrogens with one attached hydrogen (secondary N) is 1. The van der Waals surface area contributed by atoms with Crippen molar-refractivity contribution in [3.63, 3.8) is 0 Å². The lowest BCUT2D eigenvalue weighted by Gasteiger charge is -2.14. The summed E-state index contributed by atoms with van der Waals surface area (Å²) < 4.78 is 18.9. The van der Waals surface area contributed by atoms with Crippen LogP contribution >= 0.6 is 11.6 Å². The van der Waals surface area contributed by atoms with Crippen molar-refractivity contribution in [1.82, 2.24) is 5.43 Å². The standard InChI is InChI=1S/C13H14ClFN2O/c1-8-4-10(7-18-8)13(17-16)6-9-5-11(14)2-3-12(9)15/h2-5,7,13,17H,6,16H2,1H3. The summed E-state index contributed by atoms with van der Waals surface area (Å²) in [5, 5.41) is 0.505. The van der Waals surface area contributed by atoms with Gasteiger partial charge in [0.1, 0.15) is 11.6 Å². The average Bonchev–Trinajstić information content (AvgIpc) is 2.77. The molecule has 3 nitrogen and oxygen atoms in total. The number of hydrogen-bond acceptors (Lipinski definition) is 3. The molecule has 2 aromatic rings. The fourth-order valence-electron chi connectivity index (χ4n) is 1.84. The Bertz CT molecular complexity index is 542. The van der Waals surface area contributed by atoms with Gasteiger partial charge in [-0.15, -0.1) is 0 Å². The zero-order chi connectivity index (χ0) is 13.1. The zero-order valence-electron chi connectivity index (χ0n) is 9.91. The van der Waals surface area contributed by atoms with Gasteiger partial charge in [-0.3, -0.25) is 11.3 Å². The van der Waals surface area contributed by atoms with Crippen molar-refractivity contribution in [3.8, 4) is 0 Å². The highest BCUT2D eigenvalue weighted by molar-refractivity contribution is 6.30. The van der Waals surface area contributed by atoms with Crippen LogP contribution < -0.4 is 11.3 Å². The molecule has 0 saturated carbocycles. The molecular weight excluding hydrogens is 255 g/mol. The number of hydrogen-bond donors (Lipinski definition) is 2. The largest absolute Gasteiger partial charge is 0.469 e. The molecule has 18 heavy (non-hydrogen) atoms. The molecule has 0 aliphatic carbocycles. The molecule has 1 aromatic heterocycles. The number of nitrogens with two attached hydrogens (primary N) is 1. The number of hydrazine groups is 1. The third kappa shape index (κ3) is 2.90. The van der Waals surface area contributed by atoms with E-state index in [1.807, 2.05) is 13.0 Å². The SMILES string of the molecule is Cc1cc(C(Cc2cc(Cl)ccc2F)NN)co1. The van der Waals surface area contributed by atoms with Crippen LogP contribution in [0.2, 0.25) is 5.02 Å². The molecule has 0 spiro atoms. The second-order valence-corrected chi connectivity index (χ2v) is 4.59. The first-order chi connectivity index (χ1) is 8.60. The van der Waals surface area contributed by atoms with Crippen LogP contribution in [-0.2, 0) is 6.42 Å². The summed E-state index contributed by atoms with van der Waals surface area (Å²) in [6, 6.07) is 6.13. The summed E-state index contributed by atoms with van der Waals surface area (Å²) >= 11 is 5.86. The van der Waals surface area contributed by atoms with E-state index >= 15 is 0 Å². The van der Waals surface area contributed by atoms with Crippen molar-refractivity contribution in [1.29, 1.82) is 0 Å². The Kier molecular flexibility index (Phi) is 4.01. The summed E-state index contributed by atoms with van der Waals surface area (Å²) in [6.07, 6.45) is 2.02.